The number of nitrogens with one attached hydrogen (secondary N) is 1. The second-order valence-corrected chi connectivity index (χ2v) is 6.95. The molecular weight excluding hydrogens is 326 g/mol. The molecule has 4 rings (SSSR count). The normalized spacial score (nSPS) is 16.8. The van der Waals surface area contributed by atoms with Gasteiger partial charge in [-0.2, -0.15) is 0 Å². The Morgan fingerprint density at radius 2 is 1.88 bits per heavy atom. The smallest absolute Gasteiger partial charge is 0.235 e. The van der Waals surface area contributed by atoms with Crippen molar-refractivity contribution in [3.8, 4) is 11.5 Å². The van der Waals surface area contributed by atoms with Crippen molar-refractivity contribution in [3.05, 3.63) is 52.0 Å². The van der Waals surface area contributed by atoms with E-state index in [9.17, 15) is 4.79 Å². The summed E-state index contributed by atoms with van der Waals surface area (Å²) in [6.07, 6.45) is 1.64. The number of benzene rings is 2. The standard InChI is InChI=1S/C19H18ClNO3/c1-11-7-12(2)17(14(20)8-11)21-18(22)19(5-6-19)13-3-4-15-16(9-13)24-10-23-15/h3-4,7-9H,5-6,10H2,1-2H3,(H,21,22). The molecule has 1 amide bonds. The number of carbonyl (C=O) groups excluding carboxylic acids is 1. The van der Waals surface area contributed by atoms with E-state index >= 15 is 0 Å². The van der Waals surface area contributed by atoms with E-state index in [0.717, 1.165) is 35.3 Å². The molecule has 1 N–H and O–H groups in total. The Labute approximate surface area is 145 Å². The zero-order valence-electron chi connectivity index (χ0n) is 13.6. The zero-order chi connectivity index (χ0) is 16.9. The van der Waals surface area contributed by atoms with Crippen molar-refractivity contribution >= 4 is 23.2 Å². The van der Waals surface area contributed by atoms with E-state index in [4.69, 9.17) is 21.1 Å². The number of rotatable bonds is 3. The Morgan fingerprint density at radius 3 is 2.58 bits per heavy atom. The lowest BCUT2D eigenvalue weighted by molar-refractivity contribution is -0.118. The van der Waals surface area contributed by atoms with Crippen LogP contribution in [-0.2, 0) is 10.2 Å². The summed E-state index contributed by atoms with van der Waals surface area (Å²) in [4.78, 5) is 12.9. The predicted molar refractivity (Wildman–Crippen MR) is 93.0 cm³/mol. The fraction of sp³-hybridized carbons (Fsp3) is 0.316. The minimum absolute atomic E-state index is 0.0183. The van der Waals surface area contributed by atoms with E-state index in [1.54, 1.807) is 0 Å². The topological polar surface area (TPSA) is 47.6 Å². The summed E-state index contributed by atoms with van der Waals surface area (Å²) in [6.45, 7) is 4.17. The van der Waals surface area contributed by atoms with Gasteiger partial charge in [0, 0.05) is 0 Å². The maximum Gasteiger partial charge on any atom is 0.235 e. The largest absolute Gasteiger partial charge is 0.454 e. The lowest BCUT2D eigenvalue weighted by Crippen LogP contribution is -2.28. The fourth-order valence-corrected chi connectivity index (χ4v) is 3.64. The minimum Gasteiger partial charge on any atom is -0.454 e. The maximum atomic E-state index is 12.9. The first-order valence-electron chi connectivity index (χ1n) is 7.98. The Hall–Kier alpha value is -2.20. The molecule has 2 aromatic rings. The highest BCUT2D eigenvalue weighted by Gasteiger charge is 2.51. The van der Waals surface area contributed by atoms with Gasteiger partial charge in [0.25, 0.3) is 0 Å². The van der Waals surface area contributed by atoms with Crippen LogP contribution in [-0.4, -0.2) is 12.7 Å². The van der Waals surface area contributed by atoms with Gasteiger partial charge in [0.15, 0.2) is 11.5 Å². The van der Waals surface area contributed by atoms with E-state index in [-0.39, 0.29) is 12.7 Å². The van der Waals surface area contributed by atoms with Gasteiger partial charge in [-0.25, -0.2) is 0 Å². The summed E-state index contributed by atoms with van der Waals surface area (Å²) in [6, 6.07) is 9.61. The molecule has 124 valence electrons. The summed E-state index contributed by atoms with van der Waals surface area (Å²) in [5, 5.41) is 3.60. The number of ether oxygens (including phenoxy) is 2. The number of aryl methyl sites for hydroxylation is 2. The first-order valence-corrected chi connectivity index (χ1v) is 8.36. The third-order valence-electron chi connectivity index (χ3n) is 4.78. The number of anilines is 1. The molecule has 2 aromatic carbocycles. The quantitative estimate of drug-likeness (QED) is 0.901. The molecule has 1 aliphatic carbocycles. The van der Waals surface area contributed by atoms with Crippen molar-refractivity contribution in [2.45, 2.75) is 32.1 Å². The molecule has 5 heteroatoms. The second-order valence-electron chi connectivity index (χ2n) is 6.54. The van der Waals surface area contributed by atoms with Crippen molar-refractivity contribution in [1.82, 2.24) is 0 Å². The molecule has 1 fully saturated rings. The van der Waals surface area contributed by atoms with Gasteiger partial charge in [0.05, 0.1) is 16.1 Å². The summed E-state index contributed by atoms with van der Waals surface area (Å²) in [5.41, 5.74) is 3.20. The number of halogens is 1. The van der Waals surface area contributed by atoms with Crippen LogP contribution in [0, 0.1) is 13.8 Å². The van der Waals surface area contributed by atoms with Crippen molar-refractivity contribution in [1.29, 1.82) is 0 Å². The van der Waals surface area contributed by atoms with Gasteiger partial charge < -0.3 is 14.8 Å². The molecule has 1 saturated carbocycles. The Kier molecular flexibility index (Phi) is 3.46. The van der Waals surface area contributed by atoms with Crippen molar-refractivity contribution < 1.29 is 14.3 Å². The molecule has 0 saturated heterocycles. The van der Waals surface area contributed by atoms with E-state index in [0.29, 0.717) is 16.5 Å². The SMILES string of the molecule is Cc1cc(C)c(NC(=O)C2(c3ccc4c(c3)OCO4)CC2)c(Cl)c1. The van der Waals surface area contributed by atoms with E-state index in [1.807, 2.05) is 44.2 Å². The summed E-state index contributed by atoms with van der Waals surface area (Å²) in [7, 11) is 0. The molecule has 0 atom stereocenters. The van der Waals surface area contributed by atoms with E-state index < -0.39 is 5.41 Å². The van der Waals surface area contributed by atoms with Gasteiger partial charge in [-0.05, 0) is 61.6 Å². The van der Waals surface area contributed by atoms with Crippen LogP contribution in [0.5, 0.6) is 11.5 Å². The molecule has 1 aliphatic heterocycles. The first kappa shape index (κ1) is 15.3. The second kappa shape index (κ2) is 5.42. The number of carbonyl (C=O) groups is 1. The first-order chi connectivity index (χ1) is 11.5. The van der Waals surface area contributed by atoms with Gasteiger partial charge in [0.1, 0.15) is 0 Å². The molecule has 0 radical (unpaired) electrons. The molecule has 0 bridgehead atoms. The highest BCUT2D eigenvalue weighted by Crippen LogP contribution is 2.51. The van der Waals surface area contributed by atoms with Crippen LogP contribution in [0.15, 0.2) is 30.3 Å². The number of fused-ring (bicyclic) bond motifs is 1. The molecular formula is C19H18ClNO3. The average molecular weight is 344 g/mol. The monoisotopic (exact) mass is 343 g/mol. The molecule has 0 spiro atoms. The highest BCUT2D eigenvalue weighted by atomic mass is 35.5. The summed E-state index contributed by atoms with van der Waals surface area (Å²) in [5.74, 6) is 1.42. The summed E-state index contributed by atoms with van der Waals surface area (Å²) >= 11 is 6.32. The molecule has 1 heterocycles. The predicted octanol–water partition coefficient (Wildman–Crippen LogP) is 4.36. The number of amides is 1. The van der Waals surface area contributed by atoms with Crippen LogP contribution < -0.4 is 14.8 Å². The minimum atomic E-state index is -0.498. The van der Waals surface area contributed by atoms with Crippen molar-refractivity contribution in [3.63, 3.8) is 0 Å². The third-order valence-corrected chi connectivity index (χ3v) is 5.08. The van der Waals surface area contributed by atoms with Gasteiger partial charge in [-0.1, -0.05) is 23.7 Å². The molecule has 0 unspecified atom stereocenters. The molecule has 24 heavy (non-hydrogen) atoms. The molecule has 4 nitrogen and oxygen atoms in total. The van der Waals surface area contributed by atoms with E-state index in [2.05, 4.69) is 5.32 Å². The number of hydrogen-bond donors (Lipinski definition) is 1. The van der Waals surface area contributed by atoms with Crippen molar-refractivity contribution in [2.75, 3.05) is 12.1 Å². The Bertz CT molecular complexity index is 819. The van der Waals surface area contributed by atoms with Crippen LogP contribution in [0.3, 0.4) is 0 Å². The van der Waals surface area contributed by atoms with Crippen LogP contribution in [0.25, 0.3) is 0 Å². The maximum absolute atomic E-state index is 12.9. The lowest BCUT2D eigenvalue weighted by atomic mass is 9.94. The molecule has 0 aromatic heterocycles. The zero-order valence-corrected chi connectivity index (χ0v) is 14.4. The average Bonchev–Trinajstić information content (AvgIpc) is 3.22. The van der Waals surface area contributed by atoms with Crippen LogP contribution in [0.4, 0.5) is 5.69 Å². The molecule has 2 aliphatic rings. The Balaban J connectivity index is 1.63. The highest BCUT2D eigenvalue weighted by molar-refractivity contribution is 6.34. The fourth-order valence-electron chi connectivity index (χ4n) is 3.27. The van der Waals surface area contributed by atoms with Gasteiger partial charge >= 0.3 is 0 Å². The van der Waals surface area contributed by atoms with E-state index in [1.165, 1.54) is 0 Å². The van der Waals surface area contributed by atoms with Crippen LogP contribution >= 0.6 is 11.6 Å². The number of hydrogen-bond acceptors (Lipinski definition) is 3. The van der Waals surface area contributed by atoms with Crippen molar-refractivity contribution in [2.24, 2.45) is 0 Å². The summed E-state index contributed by atoms with van der Waals surface area (Å²) < 4.78 is 10.8. The lowest BCUT2D eigenvalue weighted by Gasteiger charge is -2.18. The van der Waals surface area contributed by atoms with Crippen LogP contribution in [0.1, 0.15) is 29.5 Å². The van der Waals surface area contributed by atoms with Gasteiger partial charge in [0.2, 0.25) is 12.7 Å². The third kappa shape index (κ3) is 2.42. The van der Waals surface area contributed by atoms with Crippen LogP contribution in [0.2, 0.25) is 5.02 Å². The van der Waals surface area contributed by atoms with Gasteiger partial charge in [-0.15, -0.1) is 0 Å². The van der Waals surface area contributed by atoms with Gasteiger partial charge in [-0.3, -0.25) is 4.79 Å². The Morgan fingerprint density at radius 1 is 1.12 bits per heavy atom.